The number of hydrogen-bond donors (Lipinski definition) is 1. The van der Waals surface area contributed by atoms with Gasteiger partial charge in [0.25, 0.3) is 0 Å². The minimum Gasteiger partial charge on any atom is -0.462 e. The van der Waals surface area contributed by atoms with Crippen LogP contribution >= 0.6 is 0 Å². The average Bonchev–Trinajstić information content (AvgIpc) is 3.20. The maximum atomic E-state index is 13.4. The molecule has 1 unspecified atom stereocenters. The van der Waals surface area contributed by atoms with Gasteiger partial charge in [0.15, 0.2) is 0 Å². The zero-order chi connectivity index (χ0) is 23.9. The molecule has 1 fully saturated rings. The van der Waals surface area contributed by atoms with Crippen LogP contribution in [0.4, 0.5) is 0 Å². The van der Waals surface area contributed by atoms with Crippen molar-refractivity contribution < 1.29 is 14.3 Å². The fraction of sp³-hybridized carbons (Fsp3) is 0.500. The fourth-order valence-corrected chi connectivity index (χ4v) is 6.35. The summed E-state index contributed by atoms with van der Waals surface area (Å²) in [6.07, 6.45) is 4.16. The number of carbonyl (C=O) groups excluding carboxylic acids is 1. The van der Waals surface area contributed by atoms with Gasteiger partial charge in [-0.05, 0) is 54.7 Å². The number of rotatable bonds is 5. The molecule has 5 rings (SSSR count). The van der Waals surface area contributed by atoms with E-state index in [-0.39, 0.29) is 23.9 Å². The summed E-state index contributed by atoms with van der Waals surface area (Å²) in [6, 6.07) is 19.0. The molecule has 1 N–H and O–H groups in total. The second kappa shape index (κ2) is 8.88. The molecule has 0 amide bonds. The van der Waals surface area contributed by atoms with Gasteiger partial charge in [-0.1, -0.05) is 75.7 Å². The highest BCUT2D eigenvalue weighted by molar-refractivity contribution is 5.85. The Labute approximate surface area is 203 Å². The van der Waals surface area contributed by atoms with Crippen molar-refractivity contribution in [3.63, 3.8) is 0 Å². The minimum atomic E-state index is -0.700. The Morgan fingerprint density at radius 1 is 1.12 bits per heavy atom. The molecule has 1 saturated carbocycles. The summed E-state index contributed by atoms with van der Waals surface area (Å²) >= 11 is 0. The zero-order valence-corrected chi connectivity index (χ0v) is 20.9. The minimum absolute atomic E-state index is 0.0675. The highest BCUT2D eigenvalue weighted by Crippen LogP contribution is 2.44. The second-order valence-corrected chi connectivity index (χ2v) is 11.2. The van der Waals surface area contributed by atoms with Crippen molar-refractivity contribution in [2.45, 2.75) is 76.9 Å². The van der Waals surface area contributed by atoms with Crippen LogP contribution in [-0.4, -0.2) is 23.7 Å². The summed E-state index contributed by atoms with van der Waals surface area (Å²) in [5.74, 6) is 0.684. The first-order valence-electron chi connectivity index (χ1n) is 12.8. The lowest BCUT2D eigenvalue weighted by Gasteiger charge is -2.44. The molecule has 180 valence electrons. The number of fused-ring (bicyclic) bond motifs is 3. The van der Waals surface area contributed by atoms with Gasteiger partial charge in [0.1, 0.15) is 11.7 Å². The van der Waals surface area contributed by atoms with Crippen molar-refractivity contribution in [2.75, 3.05) is 6.61 Å². The lowest BCUT2D eigenvalue weighted by Crippen LogP contribution is -2.44. The molecule has 1 aromatic heterocycles. The monoisotopic (exact) mass is 459 g/mol. The van der Waals surface area contributed by atoms with Gasteiger partial charge in [0.05, 0.1) is 18.7 Å². The van der Waals surface area contributed by atoms with E-state index in [2.05, 4.69) is 74.3 Å². The predicted molar refractivity (Wildman–Crippen MR) is 136 cm³/mol. The van der Waals surface area contributed by atoms with Gasteiger partial charge in [0, 0.05) is 16.8 Å². The van der Waals surface area contributed by atoms with E-state index in [0.29, 0.717) is 18.4 Å². The predicted octanol–water partition coefficient (Wildman–Crippen LogP) is 6.67. The topological polar surface area (TPSA) is 51.3 Å². The van der Waals surface area contributed by atoms with Crippen molar-refractivity contribution in [3.8, 4) is 0 Å². The van der Waals surface area contributed by atoms with E-state index in [1.807, 2.05) is 13.0 Å². The van der Waals surface area contributed by atoms with Crippen LogP contribution in [0, 0.1) is 11.8 Å². The third-order valence-electron chi connectivity index (χ3n) is 8.38. The number of H-pyrrole nitrogens is 1. The summed E-state index contributed by atoms with van der Waals surface area (Å²) in [5, 5.41) is 1.23. The summed E-state index contributed by atoms with van der Waals surface area (Å²) in [7, 11) is 0. The van der Waals surface area contributed by atoms with E-state index in [1.54, 1.807) is 0 Å². The van der Waals surface area contributed by atoms with Gasteiger partial charge in [-0.25, -0.2) is 0 Å². The molecule has 2 aromatic carbocycles. The van der Waals surface area contributed by atoms with Crippen LogP contribution in [0.3, 0.4) is 0 Å². The Morgan fingerprint density at radius 2 is 1.85 bits per heavy atom. The first-order chi connectivity index (χ1) is 16.3. The summed E-state index contributed by atoms with van der Waals surface area (Å²) in [4.78, 5) is 17.0. The Bertz CT molecular complexity index is 1160. The van der Waals surface area contributed by atoms with Crippen LogP contribution < -0.4 is 0 Å². The highest BCUT2D eigenvalue weighted by atomic mass is 16.5. The summed E-state index contributed by atoms with van der Waals surface area (Å²) in [6.45, 7) is 9.51. The number of para-hydroxylation sites is 1. The molecular weight excluding hydrogens is 422 g/mol. The van der Waals surface area contributed by atoms with Gasteiger partial charge in [-0.15, -0.1) is 0 Å². The van der Waals surface area contributed by atoms with E-state index < -0.39 is 5.60 Å². The molecular formula is C30H37NO3. The van der Waals surface area contributed by atoms with Gasteiger partial charge >= 0.3 is 5.97 Å². The SMILES string of the molecule is C[C@@H]1CC[C@@H](C(C)(C)c2ccccc2)[C@H](OC(=O)CC2(C)OCCc3c2[nH]c2ccccc32)C1. The largest absolute Gasteiger partial charge is 0.462 e. The van der Waals surface area contributed by atoms with Crippen molar-refractivity contribution in [1.82, 2.24) is 4.98 Å². The van der Waals surface area contributed by atoms with Crippen LogP contribution in [0.5, 0.6) is 0 Å². The molecule has 1 aliphatic carbocycles. The molecule has 0 bridgehead atoms. The van der Waals surface area contributed by atoms with E-state index in [1.165, 1.54) is 22.9 Å². The highest BCUT2D eigenvalue weighted by Gasteiger charge is 2.44. The molecule has 4 nitrogen and oxygen atoms in total. The van der Waals surface area contributed by atoms with Crippen LogP contribution in [0.1, 0.15) is 70.2 Å². The van der Waals surface area contributed by atoms with Crippen LogP contribution in [0.25, 0.3) is 10.9 Å². The number of nitrogens with one attached hydrogen (secondary N) is 1. The van der Waals surface area contributed by atoms with Gasteiger partial charge in [-0.2, -0.15) is 0 Å². The van der Waals surface area contributed by atoms with Gasteiger partial charge in [-0.3, -0.25) is 4.79 Å². The van der Waals surface area contributed by atoms with Crippen LogP contribution in [0.15, 0.2) is 54.6 Å². The maximum absolute atomic E-state index is 13.4. The summed E-state index contributed by atoms with van der Waals surface area (Å²) < 4.78 is 12.5. The second-order valence-electron chi connectivity index (χ2n) is 11.2. The number of aromatic nitrogens is 1. The molecule has 4 atom stereocenters. The van der Waals surface area contributed by atoms with E-state index in [0.717, 1.165) is 30.5 Å². The van der Waals surface area contributed by atoms with Crippen molar-refractivity contribution in [1.29, 1.82) is 0 Å². The molecule has 1 aliphatic heterocycles. The smallest absolute Gasteiger partial charge is 0.309 e. The first-order valence-corrected chi connectivity index (χ1v) is 12.8. The molecule has 34 heavy (non-hydrogen) atoms. The first kappa shape index (κ1) is 23.2. The molecule has 4 heteroatoms. The summed E-state index contributed by atoms with van der Waals surface area (Å²) in [5.41, 5.74) is 3.93. The van der Waals surface area contributed by atoms with Crippen molar-refractivity contribution >= 4 is 16.9 Å². The number of hydrogen-bond acceptors (Lipinski definition) is 3. The maximum Gasteiger partial charge on any atom is 0.309 e. The van der Waals surface area contributed by atoms with Crippen molar-refractivity contribution in [2.24, 2.45) is 11.8 Å². The van der Waals surface area contributed by atoms with E-state index >= 15 is 0 Å². The Kier molecular flexibility index (Phi) is 6.05. The molecule has 2 aliphatic rings. The number of carbonyl (C=O) groups is 1. The number of benzene rings is 2. The Balaban J connectivity index is 1.37. The van der Waals surface area contributed by atoms with E-state index in [4.69, 9.17) is 9.47 Å². The van der Waals surface area contributed by atoms with Gasteiger partial charge < -0.3 is 14.5 Å². The van der Waals surface area contributed by atoms with Gasteiger partial charge in [0.2, 0.25) is 0 Å². The molecule has 3 aromatic rings. The number of aromatic amines is 1. The van der Waals surface area contributed by atoms with Crippen LogP contribution in [0.2, 0.25) is 0 Å². The third-order valence-corrected chi connectivity index (χ3v) is 8.38. The number of esters is 1. The Morgan fingerprint density at radius 3 is 2.65 bits per heavy atom. The molecule has 0 spiro atoms. The standard InChI is InChI=1S/C30H37NO3/c1-20-14-15-24(29(2,3)21-10-6-5-7-11-21)26(18-20)34-27(32)19-30(4)28-23(16-17-33-30)22-12-8-9-13-25(22)31-28/h5-13,20,24,26,31H,14-19H2,1-4H3/t20-,24-,26-,30?/m1/s1. The molecule has 0 radical (unpaired) electrons. The van der Waals surface area contributed by atoms with E-state index in [9.17, 15) is 4.79 Å². The van der Waals surface area contributed by atoms with Crippen LogP contribution in [-0.2, 0) is 31.7 Å². The lowest BCUT2D eigenvalue weighted by atomic mass is 9.64. The third kappa shape index (κ3) is 4.17. The fourth-order valence-electron chi connectivity index (χ4n) is 6.35. The molecule has 0 saturated heterocycles. The lowest BCUT2D eigenvalue weighted by molar-refractivity contribution is -0.165. The zero-order valence-electron chi connectivity index (χ0n) is 20.9. The van der Waals surface area contributed by atoms with Crippen molar-refractivity contribution in [3.05, 3.63) is 71.4 Å². The average molecular weight is 460 g/mol. The number of ether oxygens (including phenoxy) is 2. The Hall–Kier alpha value is -2.59. The normalized spacial score (nSPS) is 27.4. The molecule has 2 heterocycles. The quantitative estimate of drug-likeness (QED) is 0.433.